The van der Waals surface area contributed by atoms with Gasteiger partial charge >= 0.3 is 0 Å². The summed E-state index contributed by atoms with van der Waals surface area (Å²) < 4.78 is 5.31. The molecule has 1 aliphatic rings. The number of hydrogen-bond donors (Lipinski definition) is 1. The van der Waals surface area contributed by atoms with Gasteiger partial charge < -0.3 is 19.6 Å². The number of methoxy groups -OCH3 is 1. The highest BCUT2D eigenvalue weighted by Gasteiger charge is 2.45. The number of likely N-dealkylation sites (tertiary alicyclic amines) is 1. The van der Waals surface area contributed by atoms with Gasteiger partial charge in [0, 0.05) is 12.1 Å². The van der Waals surface area contributed by atoms with Crippen LogP contribution in [0.2, 0.25) is 0 Å². The van der Waals surface area contributed by atoms with Crippen LogP contribution < -0.4 is 4.74 Å². The first-order valence-electron chi connectivity index (χ1n) is 11.0. The lowest BCUT2D eigenvalue weighted by Crippen LogP contribution is -2.32. The van der Waals surface area contributed by atoms with Crippen LogP contribution in [0.1, 0.15) is 41.6 Å². The smallest absolute Gasteiger partial charge is 0.295 e. The molecule has 0 unspecified atom stereocenters. The van der Waals surface area contributed by atoms with Crippen molar-refractivity contribution < 1.29 is 19.4 Å². The van der Waals surface area contributed by atoms with Gasteiger partial charge in [0.25, 0.3) is 11.7 Å². The molecular weight excluding hydrogens is 404 g/mol. The van der Waals surface area contributed by atoms with Crippen molar-refractivity contribution in [2.45, 2.75) is 32.7 Å². The largest absolute Gasteiger partial charge is 0.507 e. The van der Waals surface area contributed by atoms with E-state index in [1.165, 1.54) is 5.56 Å². The van der Waals surface area contributed by atoms with Gasteiger partial charge in [0.2, 0.25) is 0 Å². The molecule has 0 spiro atoms. The number of aryl methyl sites for hydroxylation is 2. The summed E-state index contributed by atoms with van der Waals surface area (Å²) in [5.41, 5.74) is 3.45. The summed E-state index contributed by atoms with van der Waals surface area (Å²) in [5.74, 6) is -0.684. The molecule has 2 aromatic rings. The van der Waals surface area contributed by atoms with Gasteiger partial charge in [0.1, 0.15) is 11.5 Å². The third-order valence-electron chi connectivity index (χ3n) is 5.92. The van der Waals surface area contributed by atoms with Crippen molar-refractivity contribution in [1.29, 1.82) is 0 Å². The van der Waals surface area contributed by atoms with E-state index in [0.717, 1.165) is 30.5 Å². The Balaban J connectivity index is 2.10. The fourth-order valence-electron chi connectivity index (χ4n) is 4.13. The lowest BCUT2D eigenvalue weighted by Gasteiger charge is -2.26. The van der Waals surface area contributed by atoms with Crippen molar-refractivity contribution in [2.75, 3.05) is 34.3 Å². The molecule has 1 heterocycles. The van der Waals surface area contributed by atoms with Crippen LogP contribution in [0.3, 0.4) is 0 Å². The van der Waals surface area contributed by atoms with E-state index in [4.69, 9.17) is 4.74 Å². The van der Waals surface area contributed by atoms with E-state index in [0.29, 0.717) is 17.9 Å². The number of hydrogen-bond acceptors (Lipinski definition) is 5. The van der Waals surface area contributed by atoms with Gasteiger partial charge in [0.15, 0.2) is 0 Å². The Bertz CT molecular complexity index is 1020. The zero-order valence-electron chi connectivity index (χ0n) is 19.5. The molecule has 1 N–H and O–H groups in total. The Morgan fingerprint density at radius 2 is 1.81 bits per heavy atom. The maximum atomic E-state index is 13.1. The number of benzene rings is 2. The maximum absolute atomic E-state index is 13.1. The Morgan fingerprint density at radius 1 is 1.12 bits per heavy atom. The number of ether oxygens (including phenoxy) is 1. The van der Waals surface area contributed by atoms with E-state index in [1.807, 2.05) is 50.2 Å². The molecule has 2 aromatic carbocycles. The number of aliphatic hydroxyl groups excluding tert-OH is 1. The molecule has 170 valence electrons. The monoisotopic (exact) mass is 436 g/mol. The summed E-state index contributed by atoms with van der Waals surface area (Å²) in [6, 6.07) is 12.5. The van der Waals surface area contributed by atoms with E-state index in [-0.39, 0.29) is 11.3 Å². The van der Waals surface area contributed by atoms with Crippen LogP contribution >= 0.6 is 0 Å². The molecule has 1 atom stereocenters. The predicted octanol–water partition coefficient (Wildman–Crippen LogP) is 3.94. The molecule has 0 bridgehead atoms. The molecule has 1 fully saturated rings. The SMILES string of the molecule is CCc1ccc([C@H]2/C(=C(\O)c3ccc(OC)c(C)c3)C(=O)C(=O)N2CCCN(C)C)cc1. The minimum atomic E-state index is -0.648. The standard InChI is InChI=1S/C26H32N2O4/c1-6-18-8-10-19(11-9-18)23-22(24(29)20-12-13-21(32-5)17(2)16-20)25(30)26(31)28(23)15-7-14-27(3)4/h8-13,16,23,29H,6-7,14-15H2,1-5H3/b24-22+/t23-/m0/s1. The Morgan fingerprint density at radius 3 is 2.38 bits per heavy atom. The van der Waals surface area contributed by atoms with Crippen molar-refractivity contribution in [3.8, 4) is 5.75 Å². The number of nitrogens with zero attached hydrogens (tertiary/aromatic N) is 2. The number of carbonyl (C=O) groups excluding carboxylic acids is 2. The molecule has 0 aliphatic carbocycles. The van der Waals surface area contributed by atoms with Gasteiger partial charge in [-0.2, -0.15) is 0 Å². The molecule has 1 amide bonds. The minimum absolute atomic E-state index is 0.133. The molecule has 3 rings (SSSR count). The normalized spacial score (nSPS) is 17.9. The topological polar surface area (TPSA) is 70.1 Å². The van der Waals surface area contributed by atoms with Crippen molar-refractivity contribution >= 4 is 17.4 Å². The molecule has 0 saturated carbocycles. The third kappa shape index (κ3) is 4.70. The Labute approximate surface area is 190 Å². The quantitative estimate of drug-likeness (QED) is 0.386. The van der Waals surface area contributed by atoms with Crippen LogP contribution in [-0.4, -0.2) is 60.9 Å². The minimum Gasteiger partial charge on any atom is -0.507 e. The van der Waals surface area contributed by atoms with Crippen molar-refractivity contribution in [1.82, 2.24) is 9.80 Å². The number of ketones is 1. The Hall–Kier alpha value is -3.12. The highest BCUT2D eigenvalue weighted by molar-refractivity contribution is 6.46. The fraction of sp³-hybridized carbons (Fsp3) is 0.385. The van der Waals surface area contributed by atoms with Crippen LogP contribution in [0.5, 0.6) is 5.75 Å². The molecule has 6 nitrogen and oxygen atoms in total. The van der Waals surface area contributed by atoms with Crippen LogP contribution in [0, 0.1) is 6.92 Å². The summed E-state index contributed by atoms with van der Waals surface area (Å²) in [5, 5.41) is 11.2. The summed E-state index contributed by atoms with van der Waals surface area (Å²) in [4.78, 5) is 29.7. The summed E-state index contributed by atoms with van der Waals surface area (Å²) >= 11 is 0. The van der Waals surface area contributed by atoms with E-state index in [9.17, 15) is 14.7 Å². The molecule has 0 radical (unpaired) electrons. The first-order valence-corrected chi connectivity index (χ1v) is 11.0. The second-order valence-corrected chi connectivity index (χ2v) is 8.43. The maximum Gasteiger partial charge on any atom is 0.295 e. The molecule has 6 heteroatoms. The van der Waals surface area contributed by atoms with Crippen LogP contribution in [0.25, 0.3) is 5.76 Å². The van der Waals surface area contributed by atoms with E-state index >= 15 is 0 Å². The van der Waals surface area contributed by atoms with Gasteiger partial charge in [-0.3, -0.25) is 9.59 Å². The van der Waals surface area contributed by atoms with Gasteiger partial charge in [-0.05, 0) is 75.3 Å². The third-order valence-corrected chi connectivity index (χ3v) is 5.92. The van der Waals surface area contributed by atoms with E-state index in [2.05, 4.69) is 6.92 Å². The predicted molar refractivity (Wildman–Crippen MR) is 126 cm³/mol. The summed E-state index contributed by atoms with van der Waals surface area (Å²) in [6.45, 7) is 5.17. The van der Waals surface area contributed by atoms with Crippen LogP contribution in [-0.2, 0) is 16.0 Å². The molecular formula is C26H32N2O4. The van der Waals surface area contributed by atoms with Gasteiger partial charge in [0.05, 0.1) is 18.7 Å². The zero-order valence-corrected chi connectivity index (χ0v) is 19.5. The van der Waals surface area contributed by atoms with E-state index < -0.39 is 17.7 Å². The lowest BCUT2D eigenvalue weighted by molar-refractivity contribution is -0.139. The number of aliphatic hydroxyl groups is 1. The zero-order chi connectivity index (χ0) is 23.4. The molecule has 1 saturated heterocycles. The van der Waals surface area contributed by atoms with Crippen molar-refractivity contribution in [3.63, 3.8) is 0 Å². The summed E-state index contributed by atoms with van der Waals surface area (Å²) in [6.07, 6.45) is 1.62. The fourth-order valence-corrected chi connectivity index (χ4v) is 4.13. The van der Waals surface area contributed by atoms with Crippen LogP contribution in [0.4, 0.5) is 0 Å². The summed E-state index contributed by atoms with van der Waals surface area (Å²) in [7, 11) is 5.53. The van der Waals surface area contributed by atoms with Crippen molar-refractivity contribution in [2.24, 2.45) is 0 Å². The lowest BCUT2D eigenvalue weighted by atomic mass is 9.94. The highest BCUT2D eigenvalue weighted by atomic mass is 16.5. The van der Waals surface area contributed by atoms with Crippen LogP contribution in [0.15, 0.2) is 48.0 Å². The highest BCUT2D eigenvalue weighted by Crippen LogP contribution is 2.40. The van der Waals surface area contributed by atoms with E-state index in [1.54, 1.807) is 30.2 Å². The number of rotatable bonds is 8. The second-order valence-electron chi connectivity index (χ2n) is 8.43. The first-order chi connectivity index (χ1) is 15.3. The second kappa shape index (κ2) is 10.0. The average molecular weight is 437 g/mol. The van der Waals surface area contributed by atoms with Gasteiger partial charge in [-0.1, -0.05) is 31.2 Å². The van der Waals surface area contributed by atoms with Gasteiger partial charge in [-0.25, -0.2) is 0 Å². The molecule has 1 aliphatic heterocycles. The number of Topliss-reactive ketones (excluding diaryl/α,β-unsaturated/α-hetero) is 1. The molecule has 32 heavy (non-hydrogen) atoms. The molecule has 0 aromatic heterocycles. The average Bonchev–Trinajstić information content (AvgIpc) is 3.03. The van der Waals surface area contributed by atoms with Gasteiger partial charge in [-0.15, -0.1) is 0 Å². The number of amides is 1. The first kappa shape index (κ1) is 23.5. The Kier molecular flexibility index (Phi) is 7.36. The van der Waals surface area contributed by atoms with Crippen molar-refractivity contribution in [3.05, 3.63) is 70.3 Å². The number of carbonyl (C=O) groups is 2.